The molecule has 1 heterocycles. The third kappa shape index (κ3) is 3.37. The fraction of sp³-hybridized carbons (Fsp3) is 0.667. The second-order valence-electron chi connectivity index (χ2n) is 5.61. The van der Waals surface area contributed by atoms with Crippen molar-refractivity contribution in [1.29, 1.82) is 0 Å². The second-order valence-corrected chi connectivity index (χ2v) is 6.65. The highest BCUT2D eigenvalue weighted by Gasteiger charge is 2.34. The molecule has 4 heteroatoms. The van der Waals surface area contributed by atoms with Crippen LogP contribution in [0.25, 0.3) is 0 Å². The summed E-state index contributed by atoms with van der Waals surface area (Å²) in [4.78, 5) is 15.8. The molecular weight excluding hydrogens is 256 g/mol. The molecule has 0 radical (unpaired) electrons. The van der Waals surface area contributed by atoms with Gasteiger partial charge < -0.3 is 10.6 Å². The Kier molecular flexibility index (Phi) is 4.99. The molecule has 2 rings (SSSR count). The maximum atomic E-state index is 12.6. The van der Waals surface area contributed by atoms with Crippen LogP contribution in [0.1, 0.15) is 31.1 Å². The second kappa shape index (κ2) is 6.53. The highest BCUT2D eigenvalue weighted by atomic mass is 32.1. The number of carbonyl (C=O) groups is 1. The first-order valence-corrected chi connectivity index (χ1v) is 8.00. The number of nitrogens with zero attached hydrogens (tertiary/aromatic N) is 1. The van der Waals surface area contributed by atoms with E-state index in [9.17, 15) is 4.79 Å². The molecule has 1 aromatic heterocycles. The predicted molar refractivity (Wildman–Crippen MR) is 80.1 cm³/mol. The van der Waals surface area contributed by atoms with Crippen molar-refractivity contribution < 1.29 is 4.79 Å². The molecular formula is C15H24N2OS. The van der Waals surface area contributed by atoms with Crippen LogP contribution < -0.4 is 5.73 Å². The van der Waals surface area contributed by atoms with Crippen LogP contribution in [0.4, 0.5) is 0 Å². The number of carbonyl (C=O) groups excluding carboxylic acids is 1. The Morgan fingerprint density at radius 2 is 2.37 bits per heavy atom. The van der Waals surface area contributed by atoms with Gasteiger partial charge in [-0.15, -0.1) is 11.3 Å². The number of thiophene rings is 1. The first kappa shape index (κ1) is 14.5. The molecule has 1 fully saturated rings. The highest BCUT2D eigenvalue weighted by Crippen LogP contribution is 2.32. The van der Waals surface area contributed by atoms with E-state index in [1.54, 1.807) is 11.3 Å². The van der Waals surface area contributed by atoms with E-state index in [1.807, 2.05) is 11.9 Å². The predicted octanol–water partition coefficient (Wildman–Crippen LogP) is 2.51. The van der Waals surface area contributed by atoms with Crippen molar-refractivity contribution in [3.05, 3.63) is 22.4 Å². The molecule has 3 atom stereocenters. The van der Waals surface area contributed by atoms with Crippen molar-refractivity contribution in [2.24, 2.45) is 17.6 Å². The van der Waals surface area contributed by atoms with Gasteiger partial charge in [0.15, 0.2) is 0 Å². The van der Waals surface area contributed by atoms with E-state index >= 15 is 0 Å². The average molecular weight is 280 g/mol. The molecule has 0 aromatic carbocycles. The van der Waals surface area contributed by atoms with Crippen LogP contribution in [0.2, 0.25) is 0 Å². The summed E-state index contributed by atoms with van der Waals surface area (Å²) in [5, 5.41) is 2.09. The Bertz CT molecular complexity index is 404. The maximum Gasteiger partial charge on any atom is 0.226 e. The summed E-state index contributed by atoms with van der Waals surface area (Å²) in [5.74, 6) is 0.835. The normalized spacial score (nSPS) is 24.4. The summed E-state index contributed by atoms with van der Waals surface area (Å²) >= 11 is 1.76. The van der Waals surface area contributed by atoms with E-state index in [4.69, 9.17) is 5.73 Å². The molecule has 1 saturated carbocycles. The van der Waals surface area contributed by atoms with Crippen LogP contribution in [0.15, 0.2) is 17.5 Å². The molecule has 19 heavy (non-hydrogen) atoms. The van der Waals surface area contributed by atoms with E-state index in [2.05, 4.69) is 24.4 Å². The van der Waals surface area contributed by atoms with E-state index in [1.165, 1.54) is 4.88 Å². The number of likely N-dealkylation sites (N-methyl/N-ethyl adjacent to an activating group) is 1. The van der Waals surface area contributed by atoms with Gasteiger partial charge in [-0.2, -0.15) is 0 Å². The van der Waals surface area contributed by atoms with Crippen molar-refractivity contribution in [3.63, 3.8) is 0 Å². The van der Waals surface area contributed by atoms with Crippen molar-refractivity contribution in [2.75, 3.05) is 13.6 Å². The van der Waals surface area contributed by atoms with Gasteiger partial charge in [0.2, 0.25) is 5.91 Å². The zero-order valence-corrected chi connectivity index (χ0v) is 12.7. The van der Waals surface area contributed by atoms with Gasteiger partial charge in [0, 0.05) is 30.3 Å². The Morgan fingerprint density at radius 3 is 3.00 bits per heavy atom. The molecule has 0 saturated heterocycles. The number of hydrogen-bond acceptors (Lipinski definition) is 3. The minimum Gasteiger partial charge on any atom is -0.342 e. The number of amides is 1. The van der Waals surface area contributed by atoms with Gasteiger partial charge in [0.05, 0.1) is 0 Å². The minimum absolute atomic E-state index is 0.154. The van der Waals surface area contributed by atoms with Gasteiger partial charge in [-0.25, -0.2) is 0 Å². The molecule has 0 aliphatic heterocycles. The summed E-state index contributed by atoms with van der Waals surface area (Å²) in [6, 6.07) is 4.46. The van der Waals surface area contributed by atoms with Crippen LogP contribution in [0, 0.1) is 11.8 Å². The summed E-state index contributed by atoms with van der Waals surface area (Å²) in [6.07, 6.45) is 4.21. The molecule has 0 bridgehead atoms. The molecule has 106 valence electrons. The standard InChI is InChI=1S/C15H24N2OS/c1-11(9-13-6-4-8-19-13)17(2)15(18)14-7-3-5-12(14)10-16/h4,6,8,11-12,14H,3,5,7,9-10,16H2,1-2H3. The third-order valence-corrected chi connectivity index (χ3v) is 5.26. The van der Waals surface area contributed by atoms with Crippen LogP contribution in [0.3, 0.4) is 0 Å². The van der Waals surface area contributed by atoms with Gasteiger partial charge in [-0.3, -0.25) is 4.79 Å². The zero-order valence-electron chi connectivity index (χ0n) is 11.8. The topological polar surface area (TPSA) is 46.3 Å². The Balaban J connectivity index is 1.94. The number of rotatable bonds is 5. The van der Waals surface area contributed by atoms with Crippen LogP contribution in [0.5, 0.6) is 0 Å². The lowest BCUT2D eigenvalue weighted by Crippen LogP contribution is -2.42. The monoisotopic (exact) mass is 280 g/mol. The Morgan fingerprint density at radius 1 is 1.58 bits per heavy atom. The van der Waals surface area contributed by atoms with Crippen LogP contribution >= 0.6 is 11.3 Å². The van der Waals surface area contributed by atoms with Crippen molar-refractivity contribution >= 4 is 17.2 Å². The van der Waals surface area contributed by atoms with E-state index < -0.39 is 0 Å². The highest BCUT2D eigenvalue weighted by molar-refractivity contribution is 7.09. The van der Waals surface area contributed by atoms with Gasteiger partial charge in [-0.05, 0) is 43.7 Å². The lowest BCUT2D eigenvalue weighted by atomic mass is 9.94. The molecule has 3 unspecified atom stereocenters. The molecule has 2 N–H and O–H groups in total. The molecule has 1 aromatic rings. The lowest BCUT2D eigenvalue weighted by Gasteiger charge is -2.29. The van der Waals surface area contributed by atoms with Crippen molar-refractivity contribution in [3.8, 4) is 0 Å². The number of nitrogens with two attached hydrogens (primary N) is 1. The lowest BCUT2D eigenvalue weighted by molar-refractivity contribution is -0.137. The van der Waals surface area contributed by atoms with Crippen molar-refractivity contribution in [1.82, 2.24) is 4.90 Å². The SMILES string of the molecule is CC(Cc1cccs1)N(C)C(=O)C1CCCC1CN. The van der Waals surface area contributed by atoms with E-state index in [0.29, 0.717) is 12.5 Å². The average Bonchev–Trinajstić information content (AvgIpc) is 3.07. The molecule has 0 spiro atoms. The quantitative estimate of drug-likeness (QED) is 0.901. The number of hydrogen-bond donors (Lipinski definition) is 1. The summed E-state index contributed by atoms with van der Waals surface area (Å²) in [6.45, 7) is 2.77. The summed E-state index contributed by atoms with van der Waals surface area (Å²) in [5.41, 5.74) is 5.78. The zero-order chi connectivity index (χ0) is 13.8. The van der Waals surface area contributed by atoms with Crippen molar-refractivity contribution in [2.45, 2.75) is 38.6 Å². The van der Waals surface area contributed by atoms with E-state index in [0.717, 1.165) is 25.7 Å². The Hall–Kier alpha value is -0.870. The van der Waals surface area contributed by atoms with Gasteiger partial charge in [0.1, 0.15) is 0 Å². The third-order valence-electron chi connectivity index (χ3n) is 4.36. The van der Waals surface area contributed by atoms with Gasteiger partial charge in [-0.1, -0.05) is 12.5 Å². The maximum absolute atomic E-state index is 12.6. The smallest absolute Gasteiger partial charge is 0.226 e. The fourth-order valence-electron chi connectivity index (χ4n) is 2.98. The largest absolute Gasteiger partial charge is 0.342 e. The minimum atomic E-state index is 0.154. The fourth-order valence-corrected chi connectivity index (χ4v) is 3.81. The first-order chi connectivity index (χ1) is 9.13. The van der Waals surface area contributed by atoms with Crippen LogP contribution in [-0.4, -0.2) is 30.4 Å². The molecule has 1 amide bonds. The summed E-state index contributed by atoms with van der Waals surface area (Å²) in [7, 11) is 1.94. The Labute approximate surface area is 119 Å². The van der Waals surface area contributed by atoms with E-state index in [-0.39, 0.29) is 17.9 Å². The van der Waals surface area contributed by atoms with Crippen LogP contribution in [-0.2, 0) is 11.2 Å². The summed E-state index contributed by atoms with van der Waals surface area (Å²) < 4.78 is 0. The van der Waals surface area contributed by atoms with Gasteiger partial charge >= 0.3 is 0 Å². The van der Waals surface area contributed by atoms with Gasteiger partial charge in [0.25, 0.3) is 0 Å². The molecule has 1 aliphatic rings. The molecule has 1 aliphatic carbocycles. The first-order valence-electron chi connectivity index (χ1n) is 7.12. The molecule has 3 nitrogen and oxygen atoms in total.